The van der Waals surface area contributed by atoms with Gasteiger partial charge in [-0.1, -0.05) is 36.4 Å². The normalized spacial score (nSPS) is 18.0. The van der Waals surface area contributed by atoms with Crippen LogP contribution in [0.4, 0.5) is 0 Å². The standard InChI is InChI=1S/C34H22N4O/c1-3-9-27-23(7-1)33-29(11-5-17-35-33)37(27)21-13-15-31-25(19-21)26-20-22(14-16-32(26)39-31)38-28-10-4-2-8-24(28)34-30(38)12-6-18-36-34/h1-20,25,31H. The van der Waals surface area contributed by atoms with Crippen molar-refractivity contribution < 1.29 is 4.74 Å². The molecular weight excluding hydrogens is 480 g/mol. The largest absolute Gasteiger partial charge is 0.485 e. The van der Waals surface area contributed by atoms with Gasteiger partial charge in [0.25, 0.3) is 0 Å². The number of aromatic nitrogens is 4. The Morgan fingerprint density at radius 1 is 0.641 bits per heavy atom. The zero-order valence-electron chi connectivity index (χ0n) is 20.9. The number of hydrogen-bond donors (Lipinski definition) is 0. The lowest BCUT2D eigenvalue weighted by Crippen LogP contribution is -2.18. The molecule has 7 aromatic rings. The first kappa shape index (κ1) is 20.8. The SMILES string of the molecule is C1=CC2Oc3ccc(-n4c5ccccc5c5ncccc54)cc3C2C=C1n1c2ccccc2c2ncccc21. The van der Waals surface area contributed by atoms with Crippen LogP contribution in [0.3, 0.4) is 0 Å². The first-order valence-electron chi connectivity index (χ1n) is 13.2. The van der Waals surface area contributed by atoms with Crippen LogP contribution >= 0.6 is 0 Å². The molecule has 0 spiro atoms. The number of rotatable bonds is 2. The van der Waals surface area contributed by atoms with E-state index in [1.165, 1.54) is 5.56 Å². The van der Waals surface area contributed by atoms with Crippen LogP contribution < -0.4 is 4.74 Å². The van der Waals surface area contributed by atoms with Crippen molar-refractivity contribution in [3.05, 3.63) is 127 Å². The predicted molar refractivity (Wildman–Crippen MR) is 156 cm³/mol. The molecule has 0 fully saturated rings. The van der Waals surface area contributed by atoms with Crippen molar-refractivity contribution in [1.82, 2.24) is 19.1 Å². The summed E-state index contributed by atoms with van der Waals surface area (Å²) in [4.78, 5) is 9.42. The van der Waals surface area contributed by atoms with E-state index in [2.05, 4.69) is 106 Å². The maximum absolute atomic E-state index is 6.42. The van der Waals surface area contributed by atoms with Crippen molar-refractivity contribution in [3.8, 4) is 11.4 Å². The quantitative estimate of drug-likeness (QED) is 0.244. The molecule has 3 aromatic carbocycles. The third-order valence-electron chi connectivity index (χ3n) is 8.15. The molecule has 0 amide bonds. The highest BCUT2D eigenvalue weighted by atomic mass is 16.5. The first-order valence-corrected chi connectivity index (χ1v) is 13.2. The Bertz CT molecular complexity index is 2070. The van der Waals surface area contributed by atoms with Crippen molar-refractivity contribution in [2.24, 2.45) is 0 Å². The molecule has 0 bridgehead atoms. The zero-order chi connectivity index (χ0) is 25.5. The zero-order valence-corrected chi connectivity index (χ0v) is 20.9. The first-order chi connectivity index (χ1) is 19.3. The molecule has 1 aliphatic carbocycles. The number of fused-ring (bicyclic) bond motifs is 9. The van der Waals surface area contributed by atoms with Gasteiger partial charge in [-0.15, -0.1) is 0 Å². The van der Waals surface area contributed by atoms with Crippen LogP contribution in [0.15, 0.2) is 122 Å². The minimum Gasteiger partial charge on any atom is -0.485 e. The lowest BCUT2D eigenvalue weighted by molar-refractivity contribution is 0.269. The Morgan fingerprint density at radius 2 is 1.28 bits per heavy atom. The highest BCUT2D eigenvalue weighted by molar-refractivity contribution is 6.08. The number of nitrogens with zero attached hydrogens (tertiary/aromatic N) is 4. The number of pyridine rings is 2. The molecule has 5 nitrogen and oxygen atoms in total. The van der Waals surface area contributed by atoms with Gasteiger partial charge in [0, 0.05) is 46.0 Å². The van der Waals surface area contributed by atoms with E-state index in [4.69, 9.17) is 14.7 Å². The van der Waals surface area contributed by atoms with Gasteiger partial charge in [-0.25, -0.2) is 0 Å². The van der Waals surface area contributed by atoms with Crippen LogP contribution in [0.25, 0.3) is 55.3 Å². The van der Waals surface area contributed by atoms with E-state index in [0.717, 1.165) is 61.0 Å². The smallest absolute Gasteiger partial charge is 0.128 e. The second-order valence-electron chi connectivity index (χ2n) is 10.2. The van der Waals surface area contributed by atoms with Gasteiger partial charge in [0.15, 0.2) is 0 Å². The molecule has 0 saturated heterocycles. The van der Waals surface area contributed by atoms with Gasteiger partial charge < -0.3 is 13.9 Å². The fraction of sp³-hybridized carbons (Fsp3) is 0.0588. The fourth-order valence-electron chi connectivity index (χ4n) is 6.49. The number of benzene rings is 3. The van der Waals surface area contributed by atoms with E-state index in [0.29, 0.717) is 0 Å². The van der Waals surface area contributed by atoms with Gasteiger partial charge in [0.05, 0.1) is 33.1 Å². The lowest BCUT2D eigenvalue weighted by atomic mass is 9.90. The summed E-state index contributed by atoms with van der Waals surface area (Å²) in [5.41, 5.74) is 10.0. The topological polar surface area (TPSA) is 44.9 Å². The van der Waals surface area contributed by atoms with Gasteiger partial charge in [-0.2, -0.15) is 0 Å². The second-order valence-corrected chi connectivity index (χ2v) is 10.2. The molecule has 2 atom stereocenters. The molecule has 4 aromatic heterocycles. The minimum absolute atomic E-state index is 0.0231. The molecule has 0 saturated carbocycles. The van der Waals surface area contributed by atoms with Gasteiger partial charge >= 0.3 is 0 Å². The average Bonchev–Trinajstić information content (AvgIpc) is 3.64. The number of para-hydroxylation sites is 2. The van der Waals surface area contributed by atoms with E-state index in [-0.39, 0.29) is 12.0 Å². The molecule has 5 heterocycles. The Morgan fingerprint density at radius 3 is 2.03 bits per heavy atom. The fourth-order valence-corrected chi connectivity index (χ4v) is 6.49. The molecule has 1 aliphatic heterocycles. The Hall–Kier alpha value is -5.16. The summed E-state index contributed by atoms with van der Waals surface area (Å²) in [5.74, 6) is 1.05. The van der Waals surface area contributed by atoms with Crippen molar-refractivity contribution in [1.29, 1.82) is 0 Å². The van der Waals surface area contributed by atoms with Gasteiger partial charge in [-0.3, -0.25) is 9.97 Å². The second kappa shape index (κ2) is 7.68. The van der Waals surface area contributed by atoms with E-state index < -0.39 is 0 Å². The lowest BCUT2D eigenvalue weighted by Gasteiger charge is -2.20. The summed E-state index contributed by atoms with van der Waals surface area (Å²) < 4.78 is 11.1. The van der Waals surface area contributed by atoms with E-state index >= 15 is 0 Å². The highest BCUT2D eigenvalue weighted by Gasteiger charge is 2.34. The van der Waals surface area contributed by atoms with Gasteiger partial charge in [-0.05, 0) is 72.8 Å². The van der Waals surface area contributed by atoms with Crippen LogP contribution in [-0.4, -0.2) is 25.2 Å². The summed E-state index contributed by atoms with van der Waals surface area (Å²) in [5, 5.41) is 2.32. The van der Waals surface area contributed by atoms with E-state index in [9.17, 15) is 0 Å². The van der Waals surface area contributed by atoms with E-state index in [1.807, 2.05) is 24.5 Å². The molecule has 0 radical (unpaired) electrons. The summed E-state index contributed by atoms with van der Waals surface area (Å²) in [6.45, 7) is 0. The van der Waals surface area contributed by atoms with Crippen molar-refractivity contribution in [3.63, 3.8) is 0 Å². The third-order valence-corrected chi connectivity index (χ3v) is 8.15. The number of ether oxygens (including phenoxy) is 1. The van der Waals surface area contributed by atoms with Crippen LogP contribution in [0.1, 0.15) is 11.5 Å². The molecule has 9 rings (SSSR count). The maximum Gasteiger partial charge on any atom is 0.128 e. The number of hydrogen-bond acceptors (Lipinski definition) is 3. The monoisotopic (exact) mass is 502 g/mol. The molecule has 184 valence electrons. The summed E-state index contributed by atoms with van der Waals surface area (Å²) in [7, 11) is 0. The average molecular weight is 503 g/mol. The van der Waals surface area contributed by atoms with Crippen molar-refractivity contribution in [2.45, 2.75) is 12.0 Å². The molecule has 0 N–H and O–H groups in total. The Balaban J connectivity index is 1.23. The maximum atomic E-state index is 6.42. The Kier molecular flexibility index (Phi) is 4.11. The Labute approximate surface area is 223 Å². The molecule has 2 aliphatic rings. The van der Waals surface area contributed by atoms with Crippen LogP contribution in [-0.2, 0) is 0 Å². The summed E-state index contributed by atoms with van der Waals surface area (Å²) in [6.07, 6.45) is 10.4. The third kappa shape index (κ3) is 2.84. The molecule has 5 heteroatoms. The van der Waals surface area contributed by atoms with Gasteiger partial charge in [0.2, 0.25) is 0 Å². The summed E-state index contributed by atoms with van der Waals surface area (Å²) in [6, 6.07) is 31.8. The molecule has 39 heavy (non-hydrogen) atoms. The van der Waals surface area contributed by atoms with Gasteiger partial charge in [0.1, 0.15) is 11.9 Å². The molecular formula is C34H22N4O. The van der Waals surface area contributed by atoms with Crippen LogP contribution in [0.5, 0.6) is 5.75 Å². The predicted octanol–water partition coefficient (Wildman–Crippen LogP) is 7.64. The van der Waals surface area contributed by atoms with Crippen molar-refractivity contribution >= 4 is 49.6 Å². The van der Waals surface area contributed by atoms with E-state index in [1.54, 1.807) is 0 Å². The van der Waals surface area contributed by atoms with Crippen LogP contribution in [0.2, 0.25) is 0 Å². The van der Waals surface area contributed by atoms with Crippen molar-refractivity contribution in [2.75, 3.05) is 0 Å². The minimum atomic E-state index is -0.0231. The summed E-state index contributed by atoms with van der Waals surface area (Å²) >= 11 is 0. The molecule has 2 unspecified atom stereocenters. The van der Waals surface area contributed by atoms with Crippen LogP contribution in [0, 0.1) is 0 Å². The highest BCUT2D eigenvalue weighted by Crippen LogP contribution is 2.45. The number of allylic oxidation sites excluding steroid dienone is 2.